The molecule has 0 aromatic heterocycles. The molecule has 0 bridgehead atoms. The highest BCUT2D eigenvalue weighted by atomic mass is 16.3. The van der Waals surface area contributed by atoms with Gasteiger partial charge in [-0.15, -0.1) is 0 Å². The van der Waals surface area contributed by atoms with Crippen molar-refractivity contribution in [2.75, 3.05) is 18.5 Å². The van der Waals surface area contributed by atoms with Gasteiger partial charge >= 0.3 is 0 Å². The first-order valence-electron chi connectivity index (χ1n) is 4.95. The first-order valence-corrected chi connectivity index (χ1v) is 4.95. The number of hydrogen-bond donors (Lipinski definition) is 1. The first-order chi connectivity index (χ1) is 7.72. The Kier molecular flexibility index (Phi) is 4.32. The lowest BCUT2D eigenvalue weighted by Gasteiger charge is -2.19. The number of rotatable bonds is 4. The van der Waals surface area contributed by atoms with Gasteiger partial charge in [-0.1, -0.05) is 6.07 Å². The maximum atomic E-state index is 8.99. The van der Waals surface area contributed by atoms with Crippen LogP contribution in [0.15, 0.2) is 18.2 Å². The summed E-state index contributed by atoms with van der Waals surface area (Å²) in [5.74, 6) is 0. The minimum absolute atomic E-state index is 0.0725. The molecule has 4 heteroatoms. The van der Waals surface area contributed by atoms with Gasteiger partial charge in [-0.25, -0.2) is 0 Å². The Balaban J connectivity index is 2.96. The van der Waals surface area contributed by atoms with Crippen LogP contribution in [0, 0.1) is 22.7 Å². The number of anilines is 1. The topological polar surface area (TPSA) is 71.1 Å². The van der Waals surface area contributed by atoms with E-state index in [4.69, 9.17) is 15.6 Å². The average Bonchev–Trinajstić information content (AvgIpc) is 2.34. The van der Waals surface area contributed by atoms with Gasteiger partial charge in [0.2, 0.25) is 0 Å². The van der Waals surface area contributed by atoms with Crippen molar-refractivity contribution in [1.29, 1.82) is 10.5 Å². The van der Waals surface area contributed by atoms with Gasteiger partial charge in [-0.3, -0.25) is 0 Å². The Bertz CT molecular complexity index is 443. The van der Waals surface area contributed by atoms with Crippen molar-refractivity contribution in [2.45, 2.75) is 13.0 Å². The summed E-state index contributed by atoms with van der Waals surface area (Å²) in [6.07, 6.45) is 0.420. The highest BCUT2D eigenvalue weighted by Crippen LogP contribution is 2.20. The normalized spacial score (nSPS) is 9.25. The molecule has 4 nitrogen and oxygen atoms in total. The fourth-order valence-corrected chi connectivity index (χ4v) is 1.44. The summed E-state index contributed by atoms with van der Waals surface area (Å²) >= 11 is 0. The van der Waals surface area contributed by atoms with Crippen molar-refractivity contribution >= 4 is 5.69 Å². The van der Waals surface area contributed by atoms with Crippen LogP contribution in [0.2, 0.25) is 0 Å². The third-order valence-electron chi connectivity index (χ3n) is 2.33. The van der Waals surface area contributed by atoms with Gasteiger partial charge in [-0.2, -0.15) is 10.5 Å². The third kappa shape index (κ3) is 2.73. The summed E-state index contributed by atoms with van der Waals surface area (Å²) in [5, 5.41) is 26.4. The molecule has 0 aliphatic carbocycles. The molecule has 0 atom stereocenters. The number of nitriles is 2. The third-order valence-corrected chi connectivity index (χ3v) is 2.33. The summed E-state index contributed by atoms with van der Waals surface area (Å²) in [6.45, 7) is 0.514. The highest BCUT2D eigenvalue weighted by Gasteiger charge is 2.07. The van der Waals surface area contributed by atoms with Crippen LogP contribution in [0.1, 0.15) is 17.5 Å². The van der Waals surface area contributed by atoms with Crippen LogP contribution in [0.25, 0.3) is 0 Å². The molecule has 0 aliphatic heterocycles. The SMILES string of the molecule is CN(CCC#N)c1ccc(CO)cc1C#N. The monoisotopic (exact) mass is 215 g/mol. The minimum atomic E-state index is -0.0725. The lowest BCUT2D eigenvalue weighted by Crippen LogP contribution is -2.19. The van der Waals surface area contributed by atoms with Crippen molar-refractivity contribution in [3.05, 3.63) is 29.3 Å². The zero-order chi connectivity index (χ0) is 12.0. The van der Waals surface area contributed by atoms with E-state index in [1.807, 2.05) is 11.9 Å². The van der Waals surface area contributed by atoms with Crippen LogP contribution in [0.3, 0.4) is 0 Å². The molecule has 0 saturated carbocycles. The molecule has 0 amide bonds. The van der Waals surface area contributed by atoms with Crippen molar-refractivity contribution in [3.63, 3.8) is 0 Å². The second-order valence-electron chi connectivity index (χ2n) is 3.45. The van der Waals surface area contributed by atoms with Gasteiger partial charge in [-0.05, 0) is 17.7 Å². The van der Waals surface area contributed by atoms with Gasteiger partial charge in [0.05, 0.1) is 30.3 Å². The molecule has 0 saturated heterocycles. The number of benzene rings is 1. The van der Waals surface area contributed by atoms with E-state index in [0.29, 0.717) is 24.1 Å². The lowest BCUT2D eigenvalue weighted by molar-refractivity contribution is 0.282. The molecular formula is C12H13N3O. The second kappa shape index (κ2) is 5.75. The van der Waals surface area contributed by atoms with Crippen molar-refractivity contribution in [2.24, 2.45) is 0 Å². The largest absolute Gasteiger partial charge is 0.392 e. The van der Waals surface area contributed by atoms with Crippen molar-refractivity contribution in [1.82, 2.24) is 0 Å². The number of aliphatic hydroxyl groups is 1. The molecule has 16 heavy (non-hydrogen) atoms. The Morgan fingerprint density at radius 3 is 2.69 bits per heavy atom. The smallest absolute Gasteiger partial charge is 0.101 e. The molecule has 0 fully saturated rings. The molecule has 0 aliphatic rings. The van der Waals surface area contributed by atoms with Crippen LogP contribution >= 0.6 is 0 Å². The summed E-state index contributed by atoms with van der Waals surface area (Å²) < 4.78 is 0. The van der Waals surface area contributed by atoms with Crippen LogP contribution < -0.4 is 4.90 Å². The molecular weight excluding hydrogens is 202 g/mol. The Morgan fingerprint density at radius 2 is 2.12 bits per heavy atom. The molecule has 0 heterocycles. The Morgan fingerprint density at radius 1 is 1.38 bits per heavy atom. The van der Waals surface area contributed by atoms with Crippen LogP contribution in [-0.2, 0) is 6.61 Å². The number of hydrogen-bond acceptors (Lipinski definition) is 4. The molecule has 1 aromatic rings. The summed E-state index contributed by atoms with van der Waals surface area (Å²) in [5.41, 5.74) is 2.02. The first kappa shape index (κ1) is 12.0. The van der Waals surface area contributed by atoms with Gasteiger partial charge < -0.3 is 10.0 Å². The van der Waals surface area contributed by atoms with E-state index < -0.39 is 0 Å². The van der Waals surface area contributed by atoms with Gasteiger partial charge in [0.25, 0.3) is 0 Å². The van der Waals surface area contributed by atoms with E-state index in [9.17, 15) is 0 Å². The zero-order valence-corrected chi connectivity index (χ0v) is 9.14. The molecule has 1 rings (SSSR count). The lowest BCUT2D eigenvalue weighted by atomic mass is 10.1. The molecule has 82 valence electrons. The van der Waals surface area contributed by atoms with E-state index in [1.54, 1.807) is 18.2 Å². The van der Waals surface area contributed by atoms with Gasteiger partial charge in [0, 0.05) is 13.6 Å². The maximum absolute atomic E-state index is 8.99. The number of aliphatic hydroxyl groups excluding tert-OH is 1. The van der Waals surface area contributed by atoms with Crippen molar-refractivity contribution in [3.8, 4) is 12.1 Å². The fraction of sp³-hybridized carbons (Fsp3) is 0.333. The van der Waals surface area contributed by atoms with E-state index >= 15 is 0 Å². The molecule has 1 N–H and O–H groups in total. The van der Waals surface area contributed by atoms with Crippen molar-refractivity contribution < 1.29 is 5.11 Å². The summed E-state index contributed by atoms with van der Waals surface area (Å²) in [6, 6.07) is 9.39. The Hall–Kier alpha value is -2.04. The Labute approximate surface area is 95.0 Å². The summed E-state index contributed by atoms with van der Waals surface area (Å²) in [7, 11) is 1.84. The predicted octanol–water partition coefficient (Wildman–Crippen LogP) is 1.40. The quantitative estimate of drug-likeness (QED) is 0.824. The molecule has 0 unspecified atom stereocenters. The van der Waals surface area contributed by atoms with E-state index in [2.05, 4.69) is 12.1 Å². The van der Waals surface area contributed by atoms with Crippen LogP contribution in [0.5, 0.6) is 0 Å². The predicted molar refractivity (Wildman–Crippen MR) is 60.6 cm³/mol. The van der Waals surface area contributed by atoms with Crippen LogP contribution in [0.4, 0.5) is 5.69 Å². The zero-order valence-electron chi connectivity index (χ0n) is 9.14. The maximum Gasteiger partial charge on any atom is 0.101 e. The average molecular weight is 215 g/mol. The minimum Gasteiger partial charge on any atom is -0.392 e. The molecule has 0 radical (unpaired) electrons. The van der Waals surface area contributed by atoms with Crippen LogP contribution in [-0.4, -0.2) is 18.7 Å². The molecule has 1 aromatic carbocycles. The highest BCUT2D eigenvalue weighted by molar-refractivity contribution is 5.60. The van der Waals surface area contributed by atoms with Gasteiger partial charge in [0.1, 0.15) is 6.07 Å². The van der Waals surface area contributed by atoms with Gasteiger partial charge in [0.15, 0.2) is 0 Å². The van der Waals surface area contributed by atoms with E-state index in [1.165, 1.54) is 0 Å². The van der Waals surface area contributed by atoms with E-state index in [0.717, 1.165) is 5.69 Å². The fourth-order valence-electron chi connectivity index (χ4n) is 1.44. The second-order valence-corrected chi connectivity index (χ2v) is 3.45. The molecule has 0 spiro atoms. The van der Waals surface area contributed by atoms with E-state index in [-0.39, 0.29) is 6.61 Å². The standard InChI is InChI=1S/C12H13N3O/c1-15(6-2-5-13)12-4-3-10(9-16)7-11(12)8-14/h3-4,7,16H,2,6,9H2,1H3. The number of nitrogens with zero attached hydrogens (tertiary/aromatic N) is 3. The summed E-state index contributed by atoms with van der Waals surface area (Å²) in [4.78, 5) is 1.86.